The first kappa shape index (κ1) is 11.1. The molecule has 0 unspecified atom stereocenters. The second-order valence-electron chi connectivity index (χ2n) is 3.72. The molecule has 1 aromatic carbocycles. The van der Waals surface area contributed by atoms with Crippen LogP contribution >= 0.6 is 12.2 Å². The molecule has 0 spiro atoms. The Balaban J connectivity index is 2.44. The van der Waals surface area contributed by atoms with Crippen LogP contribution in [0.3, 0.4) is 0 Å². The molecule has 2 rings (SSSR count). The zero-order valence-electron chi connectivity index (χ0n) is 9.36. The van der Waals surface area contributed by atoms with Crippen LogP contribution in [0.1, 0.15) is 11.3 Å². The second-order valence-corrected chi connectivity index (χ2v) is 4.10. The van der Waals surface area contributed by atoms with E-state index in [2.05, 4.69) is 11.1 Å². The van der Waals surface area contributed by atoms with Gasteiger partial charge in [-0.1, -0.05) is 12.1 Å². The lowest BCUT2D eigenvalue weighted by atomic mass is 10.2. The number of rotatable bonds is 3. The van der Waals surface area contributed by atoms with Gasteiger partial charge in [-0.3, -0.25) is 4.57 Å². The Bertz CT molecular complexity index is 542. The Morgan fingerprint density at radius 3 is 2.88 bits per heavy atom. The van der Waals surface area contributed by atoms with Crippen LogP contribution in [0.5, 0.6) is 0 Å². The van der Waals surface area contributed by atoms with Gasteiger partial charge in [0.05, 0.1) is 6.61 Å². The Kier molecular flexibility index (Phi) is 3.22. The van der Waals surface area contributed by atoms with E-state index in [-0.39, 0.29) is 0 Å². The average Bonchev–Trinajstić information content (AvgIpc) is 2.59. The average molecular weight is 234 g/mol. The molecule has 0 bridgehead atoms. The van der Waals surface area contributed by atoms with E-state index in [1.54, 1.807) is 7.11 Å². The van der Waals surface area contributed by atoms with Crippen LogP contribution in [-0.4, -0.2) is 16.7 Å². The third kappa shape index (κ3) is 2.23. The largest absolute Gasteiger partial charge is 0.380 e. The minimum atomic E-state index is 0.616. The van der Waals surface area contributed by atoms with Crippen LogP contribution in [0.2, 0.25) is 0 Å². The van der Waals surface area contributed by atoms with E-state index in [0.717, 1.165) is 16.9 Å². The quantitative estimate of drug-likeness (QED) is 0.827. The van der Waals surface area contributed by atoms with Gasteiger partial charge in [-0.25, -0.2) is 0 Å². The maximum Gasteiger partial charge on any atom is 0.181 e. The molecule has 4 heteroatoms. The van der Waals surface area contributed by atoms with Gasteiger partial charge in [-0.15, -0.1) is 0 Å². The highest BCUT2D eigenvalue weighted by molar-refractivity contribution is 7.71. The number of aryl methyl sites for hydroxylation is 1. The normalized spacial score (nSPS) is 10.6. The highest BCUT2D eigenvalue weighted by Gasteiger charge is 2.01. The fourth-order valence-corrected chi connectivity index (χ4v) is 1.99. The number of ether oxygens (including phenoxy) is 1. The number of aromatic amines is 1. The number of nitrogens with one attached hydrogen (secondary N) is 1. The molecule has 3 nitrogen and oxygen atoms in total. The second kappa shape index (κ2) is 4.63. The van der Waals surface area contributed by atoms with Crippen molar-refractivity contribution in [3.63, 3.8) is 0 Å². The van der Waals surface area contributed by atoms with E-state index in [4.69, 9.17) is 17.0 Å². The highest BCUT2D eigenvalue weighted by Crippen LogP contribution is 2.13. The molecule has 84 valence electrons. The molecule has 1 aromatic heterocycles. The van der Waals surface area contributed by atoms with Crippen molar-refractivity contribution in [3.05, 3.63) is 46.5 Å². The standard InChI is InChI=1S/C12H14N2OS/c1-9-7-14(12(16)13-9)11-5-3-4-10(6-11)8-15-2/h3-7H,8H2,1-2H3,(H,13,16). The molecule has 2 aromatic rings. The molecule has 0 aliphatic carbocycles. The van der Waals surface area contributed by atoms with Crippen molar-refractivity contribution in [1.82, 2.24) is 9.55 Å². The van der Waals surface area contributed by atoms with Crippen LogP contribution in [0.15, 0.2) is 30.5 Å². The molecule has 0 fully saturated rings. The monoisotopic (exact) mass is 234 g/mol. The smallest absolute Gasteiger partial charge is 0.181 e. The van der Waals surface area contributed by atoms with Crippen molar-refractivity contribution < 1.29 is 4.74 Å². The Morgan fingerprint density at radius 1 is 1.44 bits per heavy atom. The van der Waals surface area contributed by atoms with Gasteiger partial charge in [0, 0.05) is 24.7 Å². The number of nitrogens with zero attached hydrogens (tertiary/aromatic N) is 1. The highest BCUT2D eigenvalue weighted by atomic mass is 32.1. The summed E-state index contributed by atoms with van der Waals surface area (Å²) in [5.41, 5.74) is 3.26. The minimum Gasteiger partial charge on any atom is -0.380 e. The molecule has 0 aliphatic rings. The van der Waals surface area contributed by atoms with Crippen molar-refractivity contribution >= 4 is 12.2 Å². The summed E-state index contributed by atoms with van der Waals surface area (Å²) < 4.78 is 7.79. The number of aromatic nitrogens is 2. The molecule has 0 saturated carbocycles. The van der Waals surface area contributed by atoms with Gasteiger partial charge in [0.15, 0.2) is 4.77 Å². The van der Waals surface area contributed by atoms with Crippen LogP contribution in [0.25, 0.3) is 5.69 Å². The lowest BCUT2D eigenvalue weighted by Crippen LogP contribution is -1.94. The zero-order chi connectivity index (χ0) is 11.5. The Labute approximate surface area is 99.7 Å². The molecule has 0 saturated heterocycles. The van der Waals surface area contributed by atoms with Crippen molar-refractivity contribution in [1.29, 1.82) is 0 Å². The Hall–Kier alpha value is -1.39. The maximum absolute atomic E-state index is 5.24. The van der Waals surface area contributed by atoms with Crippen molar-refractivity contribution in [2.75, 3.05) is 7.11 Å². The number of H-pyrrole nitrogens is 1. The van der Waals surface area contributed by atoms with Gasteiger partial charge >= 0.3 is 0 Å². The topological polar surface area (TPSA) is 29.9 Å². The molecule has 0 amide bonds. The summed E-state index contributed by atoms with van der Waals surface area (Å²) in [6, 6.07) is 8.15. The van der Waals surface area contributed by atoms with Crippen LogP contribution in [0, 0.1) is 11.7 Å². The van der Waals surface area contributed by atoms with Gasteiger partial charge in [0.1, 0.15) is 0 Å². The Morgan fingerprint density at radius 2 is 2.25 bits per heavy atom. The van der Waals surface area contributed by atoms with Crippen LogP contribution in [0.4, 0.5) is 0 Å². The summed E-state index contributed by atoms with van der Waals surface area (Å²) in [7, 11) is 1.69. The number of methoxy groups -OCH3 is 1. The van der Waals surface area contributed by atoms with Gasteiger partial charge in [-0.05, 0) is 36.8 Å². The molecular weight excluding hydrogens is 220 g/mol. The van der Waals surface area contributed by atoms with Gasteiger partial charge in [-0.2, -0.15) is 0 Å². The summed E-state index contributed by atoms with van der Waals surface area (Å²) in [4.78, 5) is 3.10. The SMILES string of the molecule is COCc1cccc(-n2cc(C)[nH]c2=S)c1. The van der Waals surface area contributed by atoms with E-state index < -0.39 is 0 Å². The molecule has 0 radical (unpaired) electrons. The number of imidazole rings is 1. The predicted molar refractivity (Wildman–Crippen MR) is 66.4 cm³/mol. The summed E-state index contributed by atoms with van der Waals surface area (Å²) in [5, 5.41) is 0. The van der Waals surface area contributed by atoms with E-state index in [1.807, 2.05) is 35.9 Å². The van der Waals surface area contributed by atoms with Gasteiger partial charge < -0.3 is 9.72 Å². The summed E-state index contributed by atoms with van der Waals surface area (Å²) in [6.45, 7) is 2.61. The third-order valence-electron chi connectivity index (χ3n) is 2.35. The van der Waals surface area contributed by atoms with Crippen molar-refractivity contribution in [2.24, 2.45) is 0 Å². The lowest BCUT2D eigenvalue weighted by Gasteiger charge is -2.05. The van der Waals surface area contributed by atoms with E-state index in [1.165, 1.54) is 0 Å². The lowest BCUT2D eigenvalue weighted by molar-refractivity contribution is 0.185. The molecular formula is C12H14N2OS. The molecule has 16 heavy (non-hydrogen) atoms. The fraction of sp³-hybridized carbons (Fsp3) is 0.250. The zero-order valence-corrected chi connectivity index (χ0v) is 10.2. The van der Waals surface area contributed by atoms with E-state index >= 15 is 0 Å². The summed E-state index contributed by atoms with van der Waals surface area (Å²) >= 11 is 5.24. The predicted octanol–water partition coefficient (Wildman–Crippen LogP) is 2.99. The molecule has 0 atom stereocenters. The van der Waals surface area contributed by atoms with Gasteiger partial charge in [0.2, 0.25) is 0 Å². The molecule has 1 N–H and O–H groups in total. The number of benzene rings is 1. The van der Waals surface area contributed by atoms with Crippen molar-refractivity contribution in [3.8, 4) is 5.69 Å². The fourth-order valence-electron chi connectivity index (χ4n) is 1.67. The first-order valence-corrected chi connectivity index (χ1v) is 5.48. The van der Waals surface area contributed by atoms with Gasteiger partial charge in [0.25, 0.3) is 0 Å². The number of hydrogen-bond donors (Lipinski definition) is 1. The molecule has 1 heterocycles. The van der Waals surface area contributed by atoms with Crippen molar-refractivity contribution in [2.45, 2.75) is 13.5 Å². The molecule has 0 aliphatic heterocycles. The number of hydrogen-bond acceptors (Lipinski definition) is 2. The maximum atomic E-state index is 5.24. The van der Waals surface area contributed by atoms with Crippen LogP contribution in [-0.2, 0) is 11.3 Å². The summed E-state index contributed by atoms with van der Waals surface area (Å²) in [5.74, 6) is 0. The van der Waals surface area contributed by atoms with E-state index in [9.17, 15) is 0 Å². The van der Waals surface area contributed by atoms with E-state index in [0.29, 0.717) is 11.4 Å². The first-order chi connectivity index (χ1) is 7.70. The van der Waals surface area contributed by atoms with Crippen LogP contribution < -0.4 is 0 Å². The third-order valence-corrected chi connectivity index (χ3v) is 2.64. The summed E-state index contributed by atoms with van der Waals surface area (Å²) in [6.07, 6.45) is 1.99. The minimum absolute atomic E-state index is 0.616. The first-order valence-electron chi connectivity index (χ1n) is 5.07.